The van der Waals surface area contributed by atoms with E-state index in [0.717, 1.165) is 23.7 Å². The van der Waals surface area contributed by atoms with Gasteiger partial charge in [-0.1, -0.05) is 17.7 Å². The van der Waals surface area contributed by atoms with E-state index in [2.05, 4.69) is 42.8 Å². The first kappa shape index (κ1) is 15.6. The van der Waals surface area contributed by atoms with Crippen molar-refractivity contribution in [3.05, 3.63) is 47.5 Å². The van der Waals surface area contributed by atoms with Crippen LogP contribution in [0.2, 0.25) is 0 Å². The predicted octanol–water partition coefficient (Wildman–Crippen LogP) is 4.35. The van der Waals surface area contributed by atoms with Gasteiger partial charge in [-0.25, -0.2) is 0 Å². The van der Waals surface area contributed by atoms with Crippen LogP contribution in [0.3, 0.4) is 0 Å². The smallest absolute Gasteiger partial charge is 0.161 e. The summed E-state index contributed by atoms with van der Waals surface area (Å²) in [7, 11) is 3.32. The van der Waals surface area contributed by atoms with Crippen LogP contribution < -0.4 is 14.8 Å². The predicted molar refractivity (Wildman–Crippen MR) is 89.8 cm³/mol. The Labute approximate surface area is 130 Å². The average molecular weight is 303 g/mol. The van der Waals surface area contributed by atoms with E-state index in [4.69, 9.17) is 9.47 Å². The largest absolute Gasteiger partial charge is 0.493 e. The van der Waals surface area contributed by atoms with Crippen molar-refractivity contribution >= 4 is 17.4 Å². The number of benzene rings is 2. The molecule has 0 spiro atoms. The zero-order valence-corrected chi connectivity index (χ0v) is 13.7. The second-order valence-electron chi connectivity index (χ2n) is 4.74. The molecule has 0 atom stereocenters. The quantitative estimate of drug-likeness (QED) is 0.804. The second kappa shape index (κ2) is 7.27. The van der Waals surface area contributed by atoms with Gasteiger partial charge in [0.15, 0.2) is 11.5 Å². The molecule has 0 radical (unpaired) electrons. The maximum absolute atomic E-state index is 5.38. The molecule has 2 aromatic carbocycles. The number of rotatable bonds is 6. The van der Waals surface area contributed by atoms with Gasteiger partial charge >= 0.3 is 0 Å². The Balaban J connectivity index is 2.20. The van der Waals surface area contributed by atoms with E-state index in [1.54, 1.807) is 26.0 Å². The lowest BCUT2D eigenvalue weighted by molar-refractivity contribution is 0.353. The Morgan fingerprint density at radius 2 is 1.62 bits per heavy atom. The minimum Gasteiger partial charge on any atom is -0.493 e. The lowest BCUT2D eigenvalue weighted by Gasteiger charge is -2.15. The molecule has 0 aliphatic carbocycles. The summed E-state index contributed by atoms with van der Waals surface area (Å²) in [6, 6.07) is 12.4. The van der Waals surface area contributed by atoms with Crippen LogP contribution in [0.25, 0.3) is 0 Å². The molecule has 0 saturated carbocycles. The molecule has 2 rings (SSSR count). The van der Waals surface area contributed by atoms with Crippen molar-refractivity contribution in [3.8, 4) is 11.5 Å². The van der Waals surface area contributed by atoms with Crippen molar-refractivity contribution < 1.29 is 9.47 Å². The van der Waals surface area contributed by atoms with E-state index >= 15 is 0 Å². The summed E-state index contributed by atoms with van der Waals surface area (Å²) < 4.78 is 10.7. The molecule has 112 valence electrons. The highest BCUT2D eigenvalue weighted by Gasteiger charge is 2.10. The Kier molecular flexibility index (Phi) is 5.39. The fourth-order valence-corrected chi connectivity index (χ4v) is 2.72. The summed E-state index contributed by atoms with van der Waals surface area (Å²) >= 11 is 1.71. The van der Waals surface area contributed by atoms with Crippen molar-refractivity contribution in [3.63, 3.8) is 0 Å². The van der Waals surface area contributed by atoms with Gasteiger partial charge in [0, 0.05) is 17.1 Å². The Morgan fingerprint density at radius 3 is 2.19 bits per heavy atom. The monoisotopic (exact) mass is 303 g/mol. The normalized spacial score (nSPS) is 10.3. The van der Waals surface area contributed by atoms with Gasteiger partial charge in [0.25, 0.3) is 0 Å². The molecule has 0 aliphatic rings. The molecular formula is C17H21NO2S. The fraction of sp³-hybridized carbons (Fsp3) is 0.294. The summed E-state index contributed by atoms with van der Waals surface area (Å²) in [4.78, 5) is 1.19. The van der Waals surface area contributed by atoms with Gasteiger partial charge in [-0.2, -0.15) is 0 Å². The number of ether oxygens (including phenoxy) is 2. The molecule has 2 aromatic rings. The van der Waals surface area contributed by atoms with Gasteiger partial charge in [0.2, 0.25) is 0 Å². The molecule has 0 saturated heterocycles. The molecule has 3 nitrogen and oxygen atoms in total. The van der Waals surface area contributed by atoms with Crippen molar-refractivity contribution in [2.45, 2.75) is 18.4 Å². The number of anilines is 1. The highest BCUT2D eigenvalue weighted by atomic mass is 32.2. The first-order valence-corrected chi connectivity index (χ1v) is 8.00. The van der Waals surface area contributed by atoms with Crippen LogP contribution in [0.4, 0.5) is 5.69 Å². The van der Waals surface area contributed by atoms with E-state index in [0.29, 0.717) is 0 Å². The average Bonchev–Trinajstić information content (AvgIpc) is 2.53. The topological polar surface area (TPSA) is 30.5 Å². The minimum absolute atomic E-state index is 0.750. The number of nitrogens with one attached hydrogen (secondary N) is 1. The highest BCUT2D eigenvalue weighted by molar-refractivity contribution is 7.98. The third kappa shape index (κ3) is 3.85. The molecule has 21 heavy (non-hydrogen) atoms. The van der Waals surface area contributed by atoms with E-state index < -0.39 is 0 Å². The molecule has 0 unspecified atom stereocenters. The van der Waals surface area contributed by atoms with Gasteiger partial charge in [-0.15, -0.1) is 11.8 Å². The van der Waals surface area contributed by atoms with E-state index in [9.17, 15) is 0 Å². The third-order valence-corrected chi connectivity index (χ3v) is 4.14. The van der Waals surface area contributed by atoms with Crippen molar-refractivity contribution in [2.75, 3.05) is 25.8 Å². The van der Waals surface area contributed by atoms with Crippen LogP contribution in [0.1, 0.15) is 11.1 Å². The highest BCUT2D eigenvalue weighted by Crippen LogP contribution is 2.34. The summed E-state index contributed by atoms with van der Waals surface area (Å²) in [6.07, 6.45) is 2.07. The molecule has 0 bridgehead atoms. The third-order valence-electron chi connectivity index (χ3n) is 3.32. The molecular weight excluding hydrogens is 282 g/mol. The maximum atomic E-state index is 5.38. The van der Waals surface area contributed by atoms with Crippen molar-refractivity contribution in [1.29, 1.82) is 0 Å². The molecule has 0 aliphatic heterocycles. The minimum atomic E-state index is 0.750. The lowest BCUT2D eigenvalue weighted by atomic mass is 10.1. The standard InChI is InChI=1S/C17H21NO2S/c1-12-5-7-14(8-6-12)18-11-13-9-15(19-2)16(20-3)10-17(13)21-4/h5-10,18H,11H2,1-4H3. The molecule has 0 heterocycles. The van der Waals surface area contributed by atoms with Crippen LogP contribution in [0, 0.1) is 6.92 Å². The zero-order valence-electron chi connectivity index (χ0n) is 12.9. The van der Waals surface area contributed by atoms with Gasteiger partial charge in [0.1, 0.15) is 0 Å². The Bertz CT molecular complexity index is 596. The zero-order chi connectivity index (χ0) is 15.2. The van der Waals surface area contributed by atoms with Gasteiger partial charge < -0.3 is 14.8 Å². The molecule has 0 amide bonds. The number of hydrogen-bond donors (Lipinski definition) is 1. The van der Waals surface area contributed by atoms with E-state index in [1.807, 2.05) is 12.1 Å². The van der Waals surface area contributed by atoms with Crippen molar-refractivity contribution in [1.82, 2.24) is 0 Å². The summed E-state index contributed by atoms with van der Waals surface area (Å²) in [5, 5.41) is 3.44. The number of thioether (sulfide) groups is 1. The summed E-state index contributed by atoms with van der Waals surface area (Å²) in [6.45, 7) is 2.84. The van der Waals surface area contributed by atoms with Crippen LogP contribution in [-0.4, -0.2) is 20.5 Å². The van der Waals surface area contributed by atoms with Crippen LogP contribution in [0.15, 0.2) is 41.3 Å². The van der Waals surface area contributed by atoms with Gasteiger partial charge in [0.05, 0.1) is 14.2 Å². The SMILES string of the molecule is COc1cc(CNc2ccc(C)cc2)c(SC)cc1OC. The van der Waals surface area contributed by atoms with E-state index in [1.165, 1.54) is 16.0 Å². The molecule has 4 heteroatoms. The Morgan fingerprint density at radius 1 is 1.00 bits per heavy atom. The molecule has 1 N–H and O–H groups in total. The first-order chi connectivity index (χ1) is 10.2. The Hall–Kier alpha value is -1.81. The summed E-state index contributed by atoms with van der Waals surface area (Å²) in [5.41, 5.74) is 3.57. The number of hydrogen-bond acceptors (Lipinski definition) is 4. The number of methoxy groups -OCH3 is 2. The maximum Gasteiger partial charge on any atom is 0.161 e. The molecule has 0 fully saturated rings. The van der Waals surface area contributed by atoms with Crippen LogP contribution >= 0.6 is 11.8 Å². The second-order valence-corrected chi connectivity index (χ2v) is 5.59. The fourth-order valence-electron chi connectivity index (χ4n) is 2.10. The van der Waals surface area contributed by atoms with Crippen LogP contribution in [-0.2, 0) is 6.54 Å². The first-order valence-electron chi connectivity index (χ1n) is 6.77. The number of aryl methyl sites for hydroxylation is 1. The van der Waals surface area contributed by atoms with E-state index in [-0.39, 0.29) is 0 Å². The lowest BCUT2D eigenvalue weighted by Crippen LogP contribution is -2.02. The molecule has 0 aromatic heterocycles. The summed E-state index contributed by atoms with van der Waals surface area (Å²) in [5.74, 6) is 1.52. The van der Waals surface area contributed by atoms with Crippen molar-refractivity contribution in [2.24, 2.45) is 0 Å². The van der Waals surface area contributed by atoms with Gasteiger partial charge in [-0.3, -0.25) is 0 Å². The van der Waals surface area contributed by atoms with Gasteiger partial charge in [-0.05, 0) is 43.0 Å². The van der Waals surface area contributed by atoms with Crippen LogP contribution in [0.5, 0.6) is 11.5 Å².